The van der Waals surface area contributed by atoms with Crippen molar-refractivity contribution in [2.75, 3.05) is 26.6 Å². The molecule has 2 aromatic carbocycles. The van der Waals surface area contributed by atoms with Crippen molar-refractivity contribution in [1.29, 1.82) is 0 Å². The molecule has 0 atom stereocenters. The van der Waals surface area contributed by atoms with Gasteiger partial charge in [0.05, 0.1) is 26.4 Å². The first kappa shape index (κ1) is 19.4. The molecule has 0 aliphatic heterocycles. The van der Waals surface area contributed by atoms with Crippen molar-refractivity contribution in [2.24, 2.45) is 0 Å². The summed E-state index contributed by atoms with van der Waals surface area (Å²) in [5.74, 6) is 1.23. The molecule has 0 saturated carbocycles. The van der Waals surface area contributed by atoms with E-state index in [1.807, 2.05) is 6.07 Å². The standard InChI is InChI=1S/C18H17ClINO4/c1-23-15-8-4-11(17(24-2)18(15)25-3)5-9-16(22)21-12-6-7-14(20)13(19)10-12/h4-10H,1-3H3,(H,21,22). The molecule has 0 bridgehead atoms. The molecule has 132 valence electrons. The Morgan fingerprint density at radius 3 is 2.40 bits per heavy atom. The molecule has 0 aromatic heterocycles. The van der Waals surface area contributed by atoms with Crippen LogP contribution < -0.4 is 19.5 Å². The maximum absolute atomic E-state index is 12.1. The molecule has 25 heavy (non-hydrogen) atoms. The zero-order chi connectivity index (χ0) is 18.4. The summed E-state index contributed by atoms with van der Waals surface area (Å²) < 4.78 is 16.9. The second-order valence-electron chi connectivity index (χ2n) is 4.88. The molecular formula is C18H17ClINO4. The van der Waals surface area contributed by atoms with Crippen molar-refractivity contribution in [1.82, 2.24) is 0 Å². The van der Waals surface area contributed by atoms with Crippen molar-refractivity contribution >= 4 is 51.9 Å². The molecule has 2 aromatic rings. The number of carbonyl (C=O) groups excluding carboxylic acids is 1. The quantitative estimate of drug-likeness (QED) is 0.491. The molecule has 0 radical (unpaired) electrons. The highest BCUT2D eigenvalue weighted by atomic mass is 127. The van der Waals surface area contributed by atoms with E-state index in [1.165, 1.54) is 20.3 Å². The predicted molar refractivity (Wildman–Crippen MR) is 108 cm³/mol. The molecular weight excluding hydrogens is 457 g/mol. The lowest BCUT2D eigenvalue weighted by molar-refractivity contribution is -0.111. The molecule has 0 unspecified atom stereocenters. The minimum Gasteiger partial charge on any atom is -0.493 e. The number of rotatable bonds is 6. The Morgan fingerprint density at radius 2 is 1.80 bits per heavy atom. The highest BCUT2D eigenvalue weighted by molar-refractivity contribution is 14.1. The van der Waals surface area contributed by atoms with Gasteiger partial charge < -0.3 is 19.5 Å². The number of hydrogen-bond acceptors (Lipinski definition) is 4. The predicted octanol–water partition coefficient (Wildman–Crippen LogP) is 4.62. The van der Waals surface area contributed by atoms with Gasteiger partial charge in [-0.15, -0.1) is 0 Å². The number of amides is 1. The fourth-order valence-corrected chi connectivity index (χ4v) is 2.69. The van der Waals surface area contributed by atoms with Gasteiger partial charge in [-0.05, 0) is 59.0 Å². The van der Waals surface area contributed by atoms with Crippen LogP contribution in [0.1, 0.15) is 5.56 Å². The van der Waals surface area contributed by atoms with Crippen LogP contribution in [0.5, 0.6) is 17.2 Å². The van der Waals surface area contributed by atoms with Crippen LogP contribution in [0.25, 0.3) is 6.08 Å². The van der Waals surface area contributed by atoms with Crippen LogP contribution in [0.15, 0.2) is 36.4 Å². The van der Waals surface area contributed by atoms with E-state index in [2.05, 4.69) is 27.9 Å². The highest BCUT2D eigenvalue weighted by Gasteiger charge is 2.14. The molecule has 0 saturated heterocycles. The van der Waals surface area contributed by atoms with Gasteiger partial charge in [-0.1, -0.05) is 11.6 Å². The minimum absolute atomic E-state index is 0.283. The zero-order valence-corrected chi connectivity index (χ0v) is 16.8. The fraction of sp³-hybridized carbons (Fsp3) is 0.167. The monoisotopic (exact) mass is 473 g/mol. The van der Waals surface area contributed by atoms with E-state index in [0.29, 0.717) is 33.5 Å². The lowest BCUT2D eigenvalue weighted by Crippen LogP contribution is -2.07. The molecule has 0 aliphatic rings. The zero-order valence-electron chi connectivity index (χ0n) is 13.9. The van der Waals surface area contributed by atoms with Crippen LogP contribution in [0.2, 0.25) is 5.02 Å². The van der Waals surface area contributed by atoms with Crippen LogP contribution in [-0.2, 0) is 4.79 Å². The second-order valence-corrected chi connectivity index (χ2v) is 6.44. The van der Waals surface area contributed by atoms with E-state index in [0.717, 1.165) is 3.57 Å². The molecule has 0 fully saturated rings. The van der Waals surface area contributed by atoms with E-state index in [1.54, 1.807) is 37.5 Å². The van der Waals surface area contributed by atoms with Crippen LogP contribution in [-0.4, -0.2) is 27.2 Å². The van der Waals surface area contributed by atoms with Gasteiger partial charge in [-0.2, -0.15) is 0 Å². The van der Waals surface area contributed by atoms with Gasteiger partial charge in [0.2, 0.25) is 11.7 Å². The van der Waals surface area contributed by atoms with E-state index < -0.39 is 0 Å². The Kier molecular flexibility index (Phi) is 6.95. The number of nitrogens with one attached hydrogen (secondary N) is 1. The van der Waals surface area contributed by atoms with Crippen molar-refractivity contribution < 1.29 is 19.0 Å². The first-order valence-corrected chi connectivity index (χ1v) is 8.69. The normalized spacial score (nSPS) is 10.6. The largest absolute Gasteiger partial charge is 0.493 e. The Morgan fingerprint density at radius 1 is 1.08 bits per heavy atom. The number of hydrogen-bond donors (Lipinski definition) is 1. The average molecular weight is 474 g/mol. The molecule has 0 heterocycles. The third-order valence-electron chi connectivity index (χ3n) is 3.34. The number of carbonyl (C=O) groups is 1. The maximum Gasteiger partial charge on any atom is 0.248 e. The summed E-state index contributed by atoms with van der Waals surface area (Å²) in [5, 5.41) is 3.35. The molecule has 0 spiro atoms. The van der Waals surface area contributed by atoms with Gasteiger partial charge in [0.15, 0.2) is 11.5 Å². The SMILES string of the molecule is COc1ccc(C=CC(=O)Nc2ccc(I)c(Cl)c2)c(OC)c1OC. The van der Waals surface area contributed by atoms with Gasteiger partial charge in [-0.3, -0.25) is 4.79 Å². The number of methoxy groups -OCH3 is 3. The van der Waals surface area contributed by atoms with Crippen molar-refractivity contribution in [3.63, 3.8) is 0 Å². The van der Waals surface area contributed by atoms with Gasteiger partial charge in [-0.25, -0.2) is 0 Å². The number of ether oxygens (including phenoxy) is 3. The Balaban J connectivity index is 2.20. The maximum atomic E-state index is 12.1. The van der Waals surface area contributed by atoms with Crippen molar-refractivity contribution in [3.8, 4) is 17.2 Å². The average Bonchev–Trinajstić information content (AvgIpc) is 2.61. The highest BCUT2D eigenvalue weighted by Crippen LogP contribution is 2.40. The first-order chi connectivity index (χ1) is 12.0. The van der Waals surface area contributed by atoms with Gasteiger partial charge >= 0.3 is 0 Å². The van der Waals surface area contributed by atoms with Gasteiger partial charge in [0.1, 0.15) is 0 Å². The Labute approximate surface area is 165 Å². The molecule has 2 rings (SSSR count). The summed E-state index contributed by atoms with van der Waals surface area (Å²) in [5.41, 5.74) is 1.32. The number of benzene rings is 2. The van der Waals surface area contributed by atoms with Gasteiger partial charge in [0.25, 0.3) is 0 Å². The van der Waals surface area contributed by atoms with E-state index >= 15 is 0 Å². The third kappa shape index (κ3) is 4.79. The molecule has 1 N–H and O–H groups in total. The fourth-order valence-electron chi connectivity index (χ4n) is 2.18. The third-order valence-corrected chi connectivity index (χ3v) is 4.91. The Hall–Kier alpha value is -1.93. The van der Waals surface area contributed by atoms with Crippen LogP contribution >= 0.6 is 34.2 Å². The summed E-state index contributed by atoms with van der Waals surface area (Å²) in [6.45, 7) is 0. The van der Waals surface area contributed by atoms with Gasteiger partial charge in [0, 0.05) is 20.9 Å². The molecule has 0 aliphatic carbocycles. The Bertz CT molecular complexity index is 808. The molecule has 1 amide bonds. The lowest BCUT2D eigenvalue weighted by Gasteiger charge is -2.14. The van der Waals surface area contributed by atoms with Crippen LogP contribution in [0.3, 0.4) is 0 Å². The summed E-state index contributed by atoms with van der Waals surface area (Å²) in [7, 11) is 4.61. The summed E-state index contributed by atoms with van der Waals surface area (Å²) in [6, 6.07) is 8.85. The number of anilines is 1. The summed E-state index contributed by atoms with van der Waals surface area (Å²) in [6.07, 6.45) is 3.06. The van der Waals surface area contributed by atoms with E-state index in [4.69, 9.17) is 25.8 Å². The second kappa shape index (κ2) is 8.96. The number of halogens is 2. The first-order valence-electron chi connectivity index (χ1n) is 7.23. The van der Waals surface area contributed by atoms with Crippen molar-refractivity contribution in [2.45, 2.75) is 0 Å². The summed E-state index contributed by atoms with van der Waals surface area (Å²) >= 11 is 8.18. The lowest BCUT2D eigenvalue weighted by atomic mass is 10.1. The molecule has 5 nitrogen and oxygen atoms in total. The molecule has 7 heteroatoms. The van der Waals surface area contributed by atoms with Crippen LogP contribution in [0, 0.1) is 3.57 Å². The summed E-state index contributed by atoms with van der Waals surface area (Å²) in [4.78, 5) is 12.1. The van der Waals surface area contributed by atoms with Crippen molar-refractivity contribution in [3.05, 3.63) is 50.6 Å². The van der Waals surface area contributed by atoms with E-state index in [9.17, 15) is 4.79 Å². The smallest absolute Gasteiger partial charge is 0.248 e. The topological polar surface area (TPSA) is 56.8 Å². The minimum atomic E-state index is -0.283. The van der Waals surface area contributed by atoms with E-state index in [-0.39, 0.29) is 5.91 Å². The van der Waals surface area contributed by atoms with Crippen LogP contribution in [0.4, 0.5) is 5.69 Å².